The number of sulfone groups is 1. The van der Waals surface area contributed by atoms with Gasteiger partial charge in [-0.15, -0.1) is 0 Å². The van der Waals surface area contributed by atoms with Crippen molar-refractivity contribution in [3.63, 3.8) is 0 Å². The molecule has 13 heteroatoms. The highest BCUT2D eigenvalue weighted by molar-refractivity contribution is 7.91. The van der Waals surface area contributed by atoms with Crippen molar-refractivity contribution in [2.75, 3.05) is 18.8 Å². The molecule has 1 atom stereocenters. The van der Waals surface area contributed by atoms with Crippen LogP contribution in [0, 0.1) is 0 Å². The zero-order chi connectivity index (χ0) is 27.4. The third-order valence-corrected chi connectivity index (χ3v) is 9.23. The molecule has 0 radical (unpaired) electrons. The predicted molar refractivity (Wildman–Crippen MR) is 133 cm³/mol. The van der Waals surface area contributed by atoms with E-state index in [0.29, 0.717) is 32.0 Å². The lowest BCUT2D eigenvalue weighted by molar-refractivity contribution is -0.137. The van der Waals surface area contributed by atoms with Gasteiger partial charge < -0.3 is 5.73 Å². The van der Waals surface area contributed by atoms with Crippen LogP contribution in [0.25, 0.3) is 6.08 Å². The summed E-state index contributed by atoms with van der Waals surface area (Å²) in [6.45, 7) is 2.60. The first-order chi connectivity index (χ1) is 17.2. The number of rotatable bonds is 9. The number of amides is 1. The number of benzene rings is 2. The molecule has 0 aromatic heterocycles. The van der Waals surface area contributed by atoms with Crippen LogP contribution in [0.3, 0.4) is 0 Å². The number of carbonyl (C=O) groups excluding carboxylic acids is 1. The third kappa shape index (κ3) is 7.40. The summed E-state index contributed by atoms with van der Waals surface area (Å²) in [5.41, 5.74) is 3.75. The molecule has 3 N–H and O–H groups in total. The SMILES string of the molecule is CC(C(N)=O)N1CCC(NS(=O)(=O)CC=Cc2cc(S(=O)(=O)c3ccccc3)ccc2C(F)(F)F)CC1. The number of nitrogens with one attached hydrogen (secondary N) is 1. The van der Waals surface area contributed by atoms with Crippen LogP contribution < -0.4 is 10.5 Å². The second-order valence-electron chi connectivity index (χ2n) is 8.75. The number of halogens is 3. The van der Waals surface area contributed by atoms with E-state index < -0.39 is 54.9 Å². The Kier molecular flexibility index (Phi) is 8.83. The molecule has 1 aliphatic rings. The van der Waals surface area contributed by atoms with Crippen molar-refractivity contribution in [2.24, 2.45) is 5.73 Å². The normalized spacial score (nSPS) is 17.2. The number of nitrogens with two attached hydrogens (primary N) is 1. The summed E-state index contributed by atoms with van der Waals surface area (Å²) in [6.07, 6.45) is -1.88. The lowest BCUT2D eigenvalue weighted by atomic mass is 10.0. The van der Waals surface area contributed by atoms with Gasteiger partial charge in [0.1, 0.15) is 0 Å². The average Bonchev–Trinajstić information content (AvgIpc) is 2.83. The van der Waals surface area contributed by atoms with Gasteiger partial charge in [0.2, 0.25) is 25.8 Å². The van der Waals surface area contributed by atoms with E-state index >= 15 is 0 Å². The minimum atomic E-state index is -4.78. The summed E-state index contributed by atoms with van der Waals surface area (Å²) < 4.78 is 94.0. The first-order valence-corrected chi connectivity index (χ1v) is 14.6. The first-order valence-electron chi connectivity index (χ1n) is 11.4. The number of nitrogens with zero attached hydrogens (tertiary/aromatic N) is 1. The second-order valence-corrected chi connectivity index (χ2v) is 12.5. The highest BCUT2D eigenvalue weighted by atomic mass is 32.2. The van der Waals surface area contributed by atoms with E-state index in [9.17, 15) is 34.8 Å². The maximum atomic E-state index is 13.6. The van der Waals surface area contributed by atoms with Gasteiger partial charge in [0.15, 0.2) is 0 Å². The molecular formula is C24H28F3N3O5S2. The maximum absolute atomic E-state index is 13.6. The molecule has 1 unspecified atom stereocenters. The second kappa shape index (κ2) is 11.3. The fourth-order valence-corrected chi connectivity index (χ4v) is 6.53. The Morgan fingerprint density at radius 1 is 1.08 bits per heavy atom. The molecule has 2 aromatic rings. The summed E-state index contributed by atoms with van der Waals surface area (Å²) in [5, 5.41) is 0. The number of hydrogen-bond donors (Lipinski definition) is 2. The molecule has 37 heavy (non-hydrogen) atoms. The lowest BCUT2D eigenvalue weighted by Crippen LogP contribution is -2.50. The molecule has 0 bridgehead atoms. The van der Waals surface area contributed by atoms with Crippen molar-refractivity contribution in [3.8, 4) is 0 Å². The minimum Gasteiger partial charge on any atom is -0.368 e. The molecule has 1 amide bonds. The molecule has 2 aromatic carbocycles. The molecule has 1 aliphatic heterocycles. The van der Waals surface area contributed by atoms with Gasteiger partial charge in [-0.05, 0) is 55.7 Å². The van der Waals surface area contributed by atoms with E-state index in [1.54, 1.807) is 13.0 Å². The van der Waals surface area contributed by atoms with Gasteiger partial charge in [-0.1, -0.05) is 30.4 Å². The lowest BCUT2D eigenvalue weighted by Gasteiger charge is -2.34. The Hall–Kier alpha value is -2.74. The van der Waals surface area contributed by atoms with Gasteiger partial charge in [-0.25, -0.2) is 21.6 Å². The highest BCUT2D eigenvalue weighted by Gasteiger charge is 2.34. The third-order valence-electron chi connectivity index (χ3n) is 6.14. The van der Waals surface area contributed by atoms with Crippen LogP contribution in [-0.4, -0.2) is 58.6 Å². The molecule has 1 saturated heterocycles. The summed E-state index contributed by atoms with van der Waals surface area (Å²) in [6, 6.07) is 8.85. The van der Waals surface area contributed by atoms with E-state index in [1.165, 1.54) is 24.3 Å². The molecule has 0 aliphatic carbocycles. The molecule has 3 rings (SSSR count). The Bertz CT molecular complexity index is 1350. The van der Waals surface area contributed by atoms with Crippen LogP contribution in [0.15, 0.2) is 64.4 Å². The summed E-state index contributed by atoms with van der Waals surface area (Å²) >= 11 is 0. The Morgan fingerprint density at radius 3 is 2.27 bits per heavy atom. The topological polar surface area (TPSA) is 127 Å². The van der Waals surface area contributed by atoms with Gasteiger partial charge in [0, 0.05) is 19.1 Å². The van der Waals surface area contributed by atoms with Gasteiger partial charge in [-0.3, -0.25) is 9.69 Å². The number of primary amides is 1. The standard InChI is InChI=1S/C24H28F3N3O5S2/c1-17(23(28)31)30-13-11-19(12-14-30)29-36(32,33)15-5-6-18-16-21(9-10-22(18)24(25,26)27)37(34,35)20-7-3-2-4-8-20/h2-10,16-17,19,29H,11-15H2,1H3,(H2,28,31). The summed E-state index contributed by atoms with van der Waals surface area (Å²) in [4.78, 5) is 12.8. The number of piperidine rings is 1. The predicted octanol–water partition coefficient (Wildman–Crippen LogP) is 2.81. The van der Waals surface area contributed by atoms with E-state index in [2.05, 4.69) is 4.72 Å². The largest absolute Gasteiger partial charge is 0.416 e. The first kappa shape index (κ1) is 28.8. The molecule has 0 saturated carbocycles. The van der Waals surface area contributed by atoms with E-state index in [1.807, 2.05) is 4.90 Å². The van der Waals surface area contributed by atoms with Crippen LogP contribution in [0.1, 0.15) is 30.9 Å². The molecule has 1 heterocycles. The summed E-state index contributed by atoms with van der Waals surface area (Å²) in [7, 11) is -7.96. The smallest absolute Gasteiger partial charge is 0.368 e. The zero-order valence-corrected chi connectivity index (χ0v) is 21.6. The van der Waals surface area contributed by atoms with Gasteiger partial charge in [0.25, 0.3) is 0 Å². The van der Waals surface area contributed by atoms with Crippen molar-refractivity contribution < 1.29 is 34.8 Å². The quantitative estimate of drug-likeness (QED) is 0.487. The molecule has 0 spiro atoms. The van der Waals surface area contributed by atoms with Crippen LogP contribution in [-0.2, 0) is 30.8 Å². The number of alkyl halides is 3. The number of sulfonamides is 1. The fraction of sp³-hybridized carbons (Fsp3) is 0.375. The van der Waals surface area contributed by atoms with Crippen molar-refractivity contribution >= 4 is 31.8 Å². The van der Waals surface area contributed by atoms with Crippen LogP contribution in [0.2, 0.25) is 0 Å². The maximum Gasteiger partial charge on any atom is 0.416 e. The Labute approximate surface area is 214 Å². The van der Waals surface area contributed by atoms with Crippen LogP contribution in [0.5, 0.6) is 0 Å². The van der Waals surface area contributed by atoms with Crippen molar-refractivity contribution in [2.45, 2.75) is 47.8 Å². The van der Waals surface area contributed by atoms with Gasteiger partial charge in [-0.2, -0.15) is 13.2 Å². The highest BCUT2D eigenvalue weighted by Crippen LogP contribution is 2.35. The number of hydrogen-bond acceptors (Lipinski definition) is 6. The van der Waals surface area contributed by atoms with E-state index in [4.69, 9.17) is 5.73 Å². The fourth-order valence-electron chi connectivity index (χ4n) is 4.03. The van der Waals surface area contributed by atoms with E-state index in [-0.39, 0.29) is 15.8 Å². The molecule has 202 valence electrons. The average molecular weight is 560 g/mol. The molecule has 8 nitrogen and oxygen atoms in total. The van der Waals surface area contributed by atoms with Gasteiger partial charge >= 0.3 is 6.18 Å². The monoisotopic (exact) mass is 559 g/mol. The van der Waals surface area contributed by atoms with Crippen LogP contribution >= 0.6 is 0 Å². The molecular weight excluding hydrogens is 531 g/mol. The van der Waals surface area contributed by atoms with Crippen molar-refractivity contribution in [1.82, 2.24) is 9.62 Å². The minimum absolute atomic E-state index is 0.0762. The van der Waals surface area contributed by atoms with Crippen molar-refractivity contribution in [1.29, 1.82) is 0 Å². The van der Waals surface area contributed by atoms with Crippen molar-refractivity contribution in [3.05, 3.63) is 65.7 Å². The number of carbonyl (C=O) groups is 1. The Balaban J connectivity index is 1.75. The van der Waals surface area contributed by atoms with E-state index in [0.717, 1.165) is 24.3 Å². The summed E-state index contributed by atoms with van der Waals surface area (Å²) in [5.74, 6) is -1.07. The van der Waals surface area contributed by atoms with Gasteiger partial charge in [0.05, 0.1) is 27.1 Å². The zero-order valence-electron chi connectivity index (χ0n) is 20.0. The number of likely N-dealkylation sites (tertiary alicyclic amines) is 1. The molecule has 1 fully saturated rings. The Morgan fingerprint density at radius 2 is 1.70 bits per heavy atom. The van der Waals surface area contributed by atoms with Crippen LogP contribution in [0.4, 0.5) is 13.2 Å².